The quantitative estimate of drug-likeness (QED) is 0.801. The van der Waals surface area contributed by atoms with Gasteiger partial charge in [0.15, 0.2) is 0 Å². The summed E-state index contributed by atoms with van der Waals surface area (Å²) < 4.78 is 5.15. The Labute approximate surface area is 106 Å². The molecule has 0 aromatic carbocycles. The lowest BCUT2D eigenvalue weighted by Crippen LogP contribution is -2.36. The molecule has 3 atom stereocenters. The van der Waals surface area contributed by atoms with Crippen LogP contribution < -0.4 is 0 Å². The second-order valence-electron chi connectivity index (χ2n) is 4.92. The molecule has 1 aromatic heterocycles. The summed E-state index contributed by atoms with van der Waals surface area (Å²) in [7, 11) is 0. The number of ether oxygens (including phenoxy) is 1. The zero-order chi connectivity index (χ0) is 12.5. The van der Waals surface area contributed by atoms with Gasteiger partial charge in [-0.1, -0.05) is 0 Å². The molecule has 96 valence electrons. The van der Waals surface area contributed by atoms with Crippen molar-refractivity contribution < 1.29 is 9.53 Å². The van der Waals surface area contributed by atoms with Crippen LogP contribution in [0.25, 0.3) is 0 Å². The van der Waals surface area contributed by atoms with Gasteiger partial charge in [-0.05, 0) is 37.8 Å². The molecule has 3 heterocycles. The summed E-state index contributed by atoms with van der Waals surface area (Å²) in [4.78, 5) is 13.9. The molecule has 1 aromatic rings. The Morgan fingerprint density at radius 2 is 2.39 bits per heavy atom. The van der Waals surface area contributed by atoms with E-state index in [4.69, 9.17) is 4.74 Å². The Morgan fingerprint density at radius 1 is 1.50 bits per heavy atom. The van der Waals surface area contributed by atoms with Gasteiger partial charge in [0.2, 0.25) is 0 Å². The largest absolute Gasteiger partial charge is 0.450 e. The Hall–Kier alpha value is -1.65. The number of fused-ring (bicyclic) bond motifs is 2. The first-order valence-corrected chi connectivity index (χ1v) is 6.53. The molecule has 3 rings (SSSR count). The van der Waals surface area contributed by atoms with E-state index in [1.54, 1.807) is 6.20 Å². The van der Waals surface area contributed by atoms with Crippen molar-refractivity contribution in [3.63, 3.8) is 0 Å². The first-order valence-electron chi connectivity index (χ1n) is 6.53. The number of hydrogen-bond donors (Lipinski definition) is 0. The average molecular weight is 247 g/mol. The van der Waals surface area contributed by atoms with Crippen molar-refractivity contribution in [2.24, 2.45) is 0 Å². The highest BCUT2D eigenvalue weighted by Gasteiger charge is 2.49. The van der Waals surface area contributed by atoms with Gasteiger partial charge < -0.3 is 9.64 Å². The van der Waals surface area contributed by atoms with E-state index in [0.717, 1.165) is 19.3 Å². The molecular weight excluding hydrogens is 230 g/mol. The van der Waals surface area contributed by atoms with Crippen LogP contribution in [-0.2, 0) is 4.74 Å². The Kier molecular flexibility index (Phi) is 2.89. The zero-order valence-electron chi connectivity index (χ0n) is 10.5. The van der Waals surface area contributed by atoms with Crippen LogP contribution in [0.3, 0.4) is 0 Å². The summed E-state index contributed by atoms with van der Waals surface area (Å²) >= 11 is 0. The predicted octanol–water partition coefficient (Wildman–Crippen LogP) is 1.95. The summed E-state index contributed by atoms with van der Waals surface area (Å²) in [5, 5.41) is 7.74. The number of carbonyl (C=O) groups excluding carboxylic acids is 1. The van der Waals surface area contributed by atoms with Crippen molar-refractivity contribution in [2.75, 3.05) is 6.61 Å². The molecule has 2 fully saturated rings. The van der Waals surface area contributed by atoms with Gasteiger partial charge in [-0.3, -0.25) is 0 Å². The van der Waals surface area contributed by atoms with Gasteiger partial charge in [0, 0.05) is 24.2 Å². The summed E-state index contributed by atoms with van der Waals surface area (Å²) in [5.74, 6) is 0.392. The molecule has 2 aliphatic rings. The van der Waals surface area contributed by atoms with Gasteiger partial charge in [0.05, 0.1) is 12.8 Å². The Morgan fingerprint density at radius 3 is 3.11 bits per heavy atom. The standard InChI is InChI=1S/C13H17N3O2/c1-2-18-13(17)16-10-3-4-12(16)11(7-10)9-5-6-14-15-8-9/h5-6,8,10-12H,2-4,7H2,1H3/t10-,11?,12?/m1/s1. The highest BCUT2D eigenvalue weighted by molar-refractivity contribution is 5.70. The van der Waals surface area contributed by atoms with Crippen LogP contribution in [0.1, 0.15) is 37.7 Å². The second kappa shape index (κ2) is 4.55. The minimum atomic E-state index is -0.158. The van der Waals surface area contributed by atoms with Gasteiger partial charge in [-0.25, -0.2) is 4.79 Å². The fourth-order valence-electron chi connectivity index (χ4n) is 3.35. The van der Waals surface area contributed by atoms with Gasteiger partial charge >= 0.3 is 6.09 Å². The molecule has 0 spiro atoms. The van der Waals surface area contributed by atoms with Gasteiger partial charge in [-0.15, -0.1) is 0 Å². The van der Waals surface area contributed by atoms with Crippen molar-refractivity contribution in [3.8, 4) is 0 Å². The number of nitrogens with zero attached hydrogens (tertiary/aromatic N) is 3. The Bertz CT molecular complexity index is 437. The van der Waals surface area contributed by atoms with E-state index in [-0.39, 0.29) is 12.1 Å². The molecule has 5 nitrogen and oxygen atoms in total. The number of carbonyl (C=O) groups is 1. The molecule has 0 radical (unpaired) electrons. The summed E-state index contributed by atoms with van der Waals surface area (Å²) in [5.41, 5.74) is 1.19. The molecule has 1 amide bonds. The average Bonchev–Trinajstić information content (AvgIpc) is 2.97. The molecular formula is C13H17N3O2. The first kappa shape index (κ1) is 11.4. The predicted molar refractivity (Wildman–Crippen MR) is 65.1 cm³/mol. The summed E-state index contributed by atoms with van der Waals surface area (Å²) in [6.07, 6.45) is 6.56. The van der Waals surface area contributed by atoms with Crippen LogP contribution >= 0.6 is 0 Å². The third-order valence-electron chi connectivity index (χ3n) is 4.05. The van der Waals surface area contributed by atoms with Crippen LogP contribution in [-0.4, -0.2) is 39.9 Å². The zero-order valence-corrected chi connectivity index (χ0v) is 10.5. The van der Waals surface area contributed by atoms with Crippen LogP contribution in [0.15, 0.2) is 18.5 Å². The van der Waals surface area contributed by atoms with Gasteiger partial charge in [0.1, 0.15) is 0 Å². The first-order chi connectivity index (χ1) is 8.81. The van der Waals surface area contributed by atoms with E-state index < -0.39 is 0 Å². The maximum absolute atomic E-state index is 12.0. The molecule has 0 aliphatic carbocycles. The summed E-state index contributed by atoms with van der Waals surface area (Å²) in [6, 6.07) is 2.62. The van der Waals surface area contributed by atoms with E-state index in [9.17, 15) is 4.79 Å². The van der Waals surface area contributed by atoms with Crippen LogP contribution in [0, 0.1) is 0 Å². The van der Waals surface area contributed by atoms with E-state index in [2.05, 4.69) is 10.2 Å². The third kappa shape index (κ3) is 1.74. The van der Waals surface area contributed by atoms with Crippen molar-refractivity contribution in [2.45, 2.75) is 44.2 Å². The molecule has 2 aliphatic heterocycles. The number of aromatic nitrogens is 2. The monoisotopic (exact) mass is 247 g/mol. The lowest BCUT2D eigenvalue weighted by molar-refractivity contribution is 0.101. The SMILES string of the molecule is CCOC(=O)N1C2CC[C@@H]1CC2c1ccnnc1. The number of hydrogen-bond acceptors (Lipinski definition) is 4. The molecule has 0 saturated carbocycles. The number of rotatable bonds is 2. The third-order valence-corrected chi connectivity index (χ3v) is 4.05. The maximum Gasteiger partial charge on any atom is 0.410 e. The smallest absolute Gasteiger partial charge is 0.410 e. The lowest BCUT2D eigenvalue weighted by Gasteiger charge is -2.23. The van der Waals surface area contributed by atoms with Crippen molar-refractivity contribution in [1.82, 2.24) is 15.1 Å². The molecule has 18 heavy (non-hydrogen) atoms. The lowest BCUT2D eigenvalue weighted by atomic mass is 9.85. The fourth-order valence-corrected chi connectivity index (χ4v) is 3.35. The summed E-state index contributed by atoms with van der Waals surface area (Å²) in [6.45, 7) is 2.29. The topological polar surface area (TPSA) is 55.3 Å². The normalized spacial score (nSPS) is 29.6. The molecule has 2 bridgehead atoms. The van der Waals surface area contributed by atoms with E-state index in [1.807, 2.05) is 24.1 Å². The van der Waals surface area contributed by atoms with Crippen molar-refractivity contribution >= 4 is 6.09 Å². The van der Waals surface area contributed by atoms with Gasteiger partial charge in [-0.2, -0.15) is 10.2 Å². The highest BCUT2D eigenvalue weighted by Crippen LogP contribution is 2.46. The highest BCUT2D eigenvalue weighted by atomic mass is 16.6. The van der Waals surface area contributed by atoms with Crippen LogP contribution in [0.4, 0.5) is 4.79 Å². The van der Waals surface area contributed by atoms with Crippen LogP contribution in [0.2, 0.25) is 0 Å². The van der Waals surface area contributed by atoms with Gasteiger partial charge in [0.25, 0.3) is 0 Å². The minimum Gasteiger partial charge on any atom is -0.450 e. The van der Waals surface area contributed by atoms with E-state index >= 15 is 0 Å². The second-order valence-corrected chi connectivity index (χ2v) is 4.92. The van der Waals surface area contributed by atoms with Crippen molar-refractivity contribution in [1.29, 1.82) is 0 Å². The van der Waals surface area contributed by atoms with Crippen LogP contribution in [0.5, 0.6) is 0 Å². The van der Waals surface area contributed by atoms with Crippen molar-refractivity contribution in [3.05, 3.63) is 24.0 Å². The molecule has 0 N–H and O–H groups in total. The van der Waals surface area contributed by atoms with E-state index in [0.29, 0.717) is 18.6 Å². The molecule has 2 unspecified atom stereocenters. The number of amides is 1. The molecule has 5 heteroatoms. The fraction of sp³-hybridized carbons (Fsp3) is 0.615. The minimum absolute atomic E-state index is 0.158. The Balaban J connectivity index is 1.80. The van der Waals surface area contributed by atoms with E-state index in [1.165, 1.54) is 5.56 Å². The maximum atomic E-state index is 12.0. The molecule has 2 saturated heterocycles.